The normalized spacial score (nSPS) is 17.0. The number of ether oxygens (including phenoxy) is 1. The molecule has 2 aromatic rings. The lowest BCUT2D eigenvalue weighted by molar-refractivity contribution is -0.138. The Kier molecular flexibility index (Phi) is 6.53. The third-order valence-corrected chi connectivity index (χ3v) is 6.69. The van der Waals surface area contributed by atoms with Gasteiger partial charge >= 0.3 is 12.1 Å². The Labute approximate surface area is 208 Å². The SMILES string of the molecule is COC(=O)/C=C/c1ccc(CN2C(=S)N(c3cnc(C#N)c(C(F)(F)F)c3)C(=O)C23CCC3)c(F)c1. The number of esters is 1. The number of benzene rings is 1. The number of methoxy groups -OCH3 is 1. The summed E-state index contributed by atoms with van der Waals surface area (Å²) >= 11 is 5.49. The van der Waals surface area contributed by atoms with Crippen molar-refractivity contribution < 1.29 is 31.9 Å². The highest BCUT2D eigenvalue weighted by atomic mass is 32.1. The van der Waals surface area contributed by atoms with Crippen molar-refractivity contribution >= 4 is 41.0 Å². The number of hydrogen-bond donors (Lipinski definition) is 0. The maximum Gasteiger partial charge on any atom is 0.419 e. The van der Waals surface area contributed by atoms with Crippen molar-refractivity contribution in [3.63, 3.8) is 0 Å². The van der Waals surface area contributed by atoms with Crippen LogP contribution in [0.1, 0.15) is 41.6 Å². The van der Waals surface area contributed by atoms with Gasteiger partial charge in [-0.15, -0.1) is 0 Å². The number of anilines is 1. The zero-order valence-corrected chi connectivity index (χ0v) is 19.6. The van der Waals surface area contributed by atoms with Gasteiger partial charge < -0.3 is 9.64 Å². The summed E-state index contributed by atoms with van der Waals surface area (Å²) in [5.41, 5.74) is -2.79. The van der Waals surface area contributed by atoms with E-state index in [4.69, 9.17) is 17.5 Å². The Morgan fingerprint density at radius 3 is 2.61 bits per heavy atom. The van der Waals surface area contributed by atoms with Crippen LogP contribution in [0.3, 0.4) is 0 Å². The molecular weight excluding hydrogens is 500 g/mol. The summed E-state index contributed by atoms with van der Waals surface area (Å²) in [5.74, 6) is -1.72. The summed E-state index contributed by atoms with van der Waals surface area (Å²) in [4.78, 5) is 30.8. The Hall–Kier alpha value is -3.85. The molecule has 2 heterocycles. The molecular formula is C24H18F4N4O3S. The standard InChI is InChI=1S/C24H18F4N4O3S/c1-35-20(33)6-4-14-3-5-15(18(25)9-14)13-31-22(36)32(21(34)23(31)7-2-8-23)16-10-17(24(26,27)28)19(11-29)30-12-16/h3-6,9-10,12H,2,7-8,13H2,1H3/b6-4+. The van der Waals surface area contributed by atoms with Crippen LogP contribution in [-0.4, -0.2) is 39.5 Å². The Bertz CT molecular complexity index is 1330. The van der Waals surface area contributed by atoms with E-state index in [1.54, 1.807) is 6.07 Å². The predicted octanol–water partition coefficient (Wildman–Crippen LogP) is 4.35. The van der Waals surface area contributed by atoms with Gasteiger partial charge in [-0.2, -0.15) is 18.4 Å². The first-order valence-corrected chi connectivity index (χ1v) is 11.1. The number of nitrogens with zero attached hydrogens (tertiary/aromatic N) is 4. The third-order valence-electron chi connectivity index (χ3n) is 6.28. The van der Waals surface area contributed by atoms with Crippen molar-refractivity contribution in [2.75, 3.05) is 12.0 Å². The lowest BCUT2D eigenvalue weighted by Crippen LogP contribution is -2.54. The van der Waals surface area contributed by atoms with Crippen molar-refractivity contribution in [3.8, 4) is 6.07 Å². The van der Waals surface area contributed by atoms with E-state index in [2.05, 4.69) is 9.72 Å². The molecule has 1 amide bonds. The zero-order chi connectivity index (χ0) is 26.3. The van der Waals surface area contributed by atoms with Crippen molar-refractivity contribution in [1.29, 1.82) is 5.26 Å². The molecule has 1 saturated heterocycles. The first-order chi connectivity index (χ1) is 17.0. The van der Waals surface area contributed by atoms with E-state index >= 15 is 0 Å². The van der Waals surface area contributed by atoms with Gasteiger partial charge in [0.1, 0.15) is 17.4 Å². The summed E-state index contributed by atoms with van der Waals surface area (Å²) in [6.07, 6.45) is 0.159. The molecule has 4 rings (SSSR count). The lowest BCUT2D eigenvalue weighted by atomic mass is 9.75. The number of aromatic nitrogens is 1. The van der Waals surface area contributed by atoms with Crippen LogP contribution in [0, 0.1) is 17.1 Å². The minimum absolute atomic E-state index is 0.0756. The number of pyridine rings is 1. The van der Waals surface area contributed by atoms with Crippen LogP contribution in [0.2, 0.25) is 0 Å². The number of halogens is 4. The number of hydrogen-bond acceptors (Lipinski definition) is 6. The van der Waals surface area contributed by atoms with E-state index in [-0.39, 0.29) is 22.9 Å². The van der Waals surface area contributed by atoms with Gasteiger partial charge in [-0.1, -0.05) is 12.1 Å². The van der Waals surface area contributed by atoms with Crippen molar-refractivity contribution in [2.45, 2.75) is 37.5 Å². The van der Waals surface area contributed by atoms with Crippen LogP contribution < -0.4 is 4.90 Å². The van der Waals surface area contributed by atoms with Crippen LogP contribution in [0.25, 0.3) is 6.08 Å². The molecule has 0 atom stereocenters. The molecule has 36 heavy (non-hydrogen) atoms. The molecule has 1 aliphatic heterocycles. The molecule has 1 aromatic heterocycles. The summed E-state index contributed by atoms with van der Waals surface area (Å²) in [6.45, 7) is -0.0935. The number of amides is 1. The summed E-state index contributed by atoms with van der Waals surface area (Å²) < 4.78 is 59.8. The van der Waals surface area contributed by atoms with Crippen molar-refractivity contribution in [3.05, 3.63) is 64.7 Å². The van der Waals surface area contributed by atoms with Crippen LogP contribution in [0.4, 0.5) is 23.2 Å². The highest BCUT2D eigenvalue weighted by molar-refractivity contribution is 7.80. The van der Waals surface area contributed by atoms with Gasteiger partial charge in [0.2, 0.25) is 0 Å². The van der Waals surface area contributed by atoms with E-state index in [0.717, 1.165) is 17.2 Å². The van der Waals surface area contributed by atoms with Crippen LogP contribution >= 0.6 is 12.2 Å². The number of carbonyl (C=O) groups excluding carboxylic acids is 2. The summed E-state index contributed by atoms with van der Waals surface area (Å²) in [7, 11) is 1.22. The predicted molar refractivity (Wildman–Crippen MR) is 124 cm³/mol. The number of carbonyl (C=O) groups is 2. The fraction of sp³-hybridized carbons (Fsp3) is 0.292. The second-order valence-electron chi connectivity index (χ2n) is 8.30. The Morgan fingerprint density at radius 1 is 1.33 bits per heavy atom. The molecule has 0 radical (unpaired) electrons. The topological polar surface area (TPSA) is 86.5 Å². The van der Waals surface area contributed by atoms with E-state index < -0.39 is 40.7 Å². The number of thiocarbonyl (C=S) groups is 1. The van der Waals surface area contributed by atoms with Crippen molar-refractivity contribution in [1.82, 2.24) is 9.88 Å². The van der Waals surface area contributed by atoms with E-state index in [0.29, 0.717) is 30.9 Å². The van der Waals surface area contributed by atoms with E-state index in [9.17, 15) is 27.2 Å². The van der Waals surface area contributed by atoms with Crippen LogP contribution in [-0.2, 0) is 27.0 Å². The van der Waals surface area contributed by atoms with Gasteiger partial charge in [-0.05, 0) is 55.3 Å². The highest BCUT2D eigenvalue weighted by Crippen LogP contribution is 2.47. The average molecular weight is 518 g/mol. The molecule has 1 aliphatic carbocycles. The molecule has 1 saturated carbocycles. The zero-order valence-electron chi connectivity index (χ0n) is 18.8. The van der Waals surface area contributed by atoms with Crippen LogP contribution in [0.15, 0.2) is 36.5 Å². The van der Waals surface area contributed by atoms with Crippen LogP contribution in [0.5, 0.6) is 0 Å². The number of nitriles is 1. The van der Waals surface area contributed by atoms with Gasteiger partial charge in [0.15, 0.2) is 10.8 Å². The number of alkyl halides is 3. The largest absolute Gasteiger partial charge is 0.466 e. The summed E-state index contributed by atoms with van der Waals surface area (Å²) in [6, 6.07) is 6.35. The molecule has 186 valence electrons. The Balaban J connectivity index is 1.66. The second kappa shape index (κ2) is 9.31. The fourth-order valence-electron chi connectivity index (χ4n) is 4.24. The molecule has 0 N–H and O–H groups in total. The van der Waals surface area contributed by atoms with E-state index in [1.165, 1.54) is 36.3 Å². The minimum Gasteiger partial charge on any atom is -0.466 e. The molecule has 1 aromatic carbocycles. The third kappa shape index (κ3) is 4.30. The van der Waals surface area contributed by atoms with Gasteiger partial charge in [0.25, 0.3) is 5.91 Å². The smallest absolute Gasteiger partial charge is 0.419 e. The molecule has 2 fully saturated rings. The first-order valence-electron chi connectivity index (χ1n) is 10.7. The molecule has 12 heteroatoms. The van der Waals surface area contributed by atoms with E-state index in [1.807, 2.05) is 0 Å². The minimum atomic E-state index is -4.86. The van der Waals surface area contributed by atoms with Gasteiger partial charge in [0.05, 0.1) is 24.6 Å². The molecule has 1 spiro atoms. The monoisotopic (exact) mass is 518 g/mol. The average Bonchev–Trinajstić information content (AvgIpc) is 3.04. The van der Waals surface area contributed by atoms with Gasteiger partial charge in [0, 0.05) is 18.2 Å². The second-order valence-corrected chi connectivity index (χ2v) is 8.67. The molecule has 2 aliphatic rings. The fourth-order valence-corrected chi connectivity index (χ4v) is 4.66. The summed E-state index contributed by atoms with van der Waals surface area (Å²) in [5, 5.41) is 8.93. The highest BCUT2D eigenvalue weighted by Gasteiger charge is 2.59. The molecule has 7 nitrogen and oxygen atoms in total. The Morgan fingerprint density at radius 2 is 2.06 bits per heavy atom. The lowest BCUT2D eigenvalue weighted by Gasteiger charge is -2.43. The first kappa shape index (κ1) is 25.2. The quantitative estimate of drug-likeness (QED) is 0.252. The van der Waals surface area contributed by atoms with Gasteiger partial charge in [-0.3, -0.25) is 9.69 Å². The maximum atomic E-state index is 14.9. The van der Waals surface area contributed by atoms with Gasteiger partial charge in [-0.25, -0.2) is 14.2 Å². The maximum absolute atomic E-state index is 14.9. The van der Waals surface area contributed by atoms with Crippen molar-refractivity contribution in [2.24, 2.45) is 0 Å². The molecule has 0 unspecified atom stereocenters. The molecule has 0 bridgehead atoms. The number of rotatable bonds is 5.